The minimum atomic E-state index is -0.123. The van der Waals surface area contributed by atoms with Crippen LogP contribution in [-0.2, 0) is 14.3 Å². The highest BCUT2D eigenvalue weighted by Crippen LogP contribution is 2.67. The number of ether oxygens (including phenoxy) is 1. The van der Waals surface area contributed by atoms with Crippen molar-refractivity contribution in [3.05, 3.63) is 0 Å². The van der Waals surface area contributed by atoms with E-state index >= 15 is 0 Å². The highest BCUT2D eigenvalue weighted by molar-refractivity contribution is 5.79. The number of ketones is 1. The van der Waals surface area contributed by atoms with E-state index in [1.54, 1.807) is 0 Å². The highest BCUT2D eigenvalue weighted by atomic mass is 16.5. The molecule has 0 aromatic heterocycles. The van der Waals surface area contributed by atoms with Gasteiger partial charge in [0.25, 0.3) is 0 Å². The maximum absolute atomic E-state index is 12.2. The van der Waals surface area contributed by atoms with Crippen LogP contribution >= 0.6 is 0 Å². The van der Waals surface area contributed by atoms with E-state index in [1.807, 2.05) is 6.92 Å². The summed E-state index contributed by atoms with van der Waals surface area (Å²) in [5.74, 6) is 3.68. The van der Waals surface area contributed by atoms with Gasteiger partial charge in [-0.25, -0.2) is 0 Å². The smallest absolute Gasteiger partial charge is 0.302 e. The van der Waals surface area contributed by atoms with E-state index in [2.05, 4.69) is 13.8 Å². The molecule has 0 saturated heterocycles. The van der Waals surface area contributed by atoms with Gasteiger partial charge in [-0.2, -0.15) is 0 Å². The maximum atomic E-state index is 12.2. The molecule has 0 aliphatic heterocycles. The van der Waals surface area contributed by atoms with Gasteiger partial charge < -0.3 is 4.74 Å². The van der Waals surface area contributed by atoms with Crippen molar-refractivity contribution in [3.63, 3.8) is 0 Å². The van der Waals surface area contributed by atoms with E-state index in [0.717, 1.165) is 37.0 Å². The van der Waals surface area contributed by atoms with Gasteiger partial charge in [0.1, 0.15) is 11.9 Å². The average Bonchev–Trinajstić information content (AvgIpc) is 2.92. The first-order chi connectivity index (χ1) is 12.3. The van der Waals surface area contributed by atoms with Crippen LogP contribution in [-0.4, -0.2) is 17.9 Å². The third-order valence-electron chi connectivity index (χ3n) is 9.44. The normalized spacial score (nSPS) is 50.3. The topological polar surface area (TPSA) is 43.4 Å². The highest BCUT2D eigenvalue weighted by Gasteiger charge is 2.60. The Hall–Kier alpha value is -0.860. The van der Waals surface area contributed by atoms with Crippen molar-refractivity contribution in [2.75, 3.05) is 0 Å². The second kappa shape index (κ2) is 6.34. The van der Waals surface area contributed by atoms with Gasteiger partial charge in [0.2, 0.25) is 0 Å². The summed E-state index contributed by atoms with van der Waals surface area (Å²) in [7, 11) is 0. The van der Waals surface area contributed by atoms with Crippen molar-refractivity contribution in [1.82, 2.24) is 0 Å². The Morgan fingerprint density at radius 3 is 2.23 bits per heavy atom. The number of carbonyl (C=O) groups excluding carboxylic acids is 2. The van der Waals surface area contributed by atoms with E-state index in [4.69, 9.17) is 4.74 Å². The zero-order valence-corrected chi connectivity index (χ0v) is 17.1. The lowest BCUT2D eigenvalue weighted by Crippen LogP contribution is -2.54. The Morgan fingerprint density at radius 1 is 0.846 bits per heavy atom. The molecule has 3 heteroatoms. The predicted molar refractivity (Wildman–Crippen MR) is 101 cm³/mol. The molecule has 8 atom stereocenters. The summed E-state index contributed by atoms with van der Waals surface area (Å²) in [5, 5.41) is 0. The van der Waals surface area contributed by atoms with Crippen molar-refractivity contribution >= 4 is 11.8 Å². The van der Waals surface area contributed by atoms with E-state index < -0.39 is 0 Å². The Bertz CT molecular complexity index is 598. The molecule has 0 bridgehead atoms. The number of fused-ring (bicyclic) bond motifs is 5. The van der Waals surface area contributed by atoms with Gasteiger partial charge >= 0.3 is 5.97 Å². The van der Waals surface area contributed by atoms with Crippen LogP contribution in [0.1, 0.15) is 85.5 Å². The molecule has 0 aromatic rings. The molecular weight excluding hydrogens is 324 g/mol. The van der Waals surface area contributed by atoms with E-state index in [-0.39, 0.29) is 17.5 Å². The van der Waals surface area contributed by atoms with Crippen LogP contribution in [0.5, 0.6) is 0 Å². The number of esters is 1. The van der Waals surface area contributed by atoms with Crippen LogP contribution in [0.4, 0.5) is 0 Å². The van der Waals surface area contributed by atoms with Crippen LogP contribution in [0.2, 0.25) is 0 Å². The SMILES string of the molecule is CC(=O)O[C@@H]1CC[C@@]2(C)[C@@H](CC[C@@H]3[C@H]2CC[C@@]2(C)[C@@H]3CC[C@H]2C(C)=O)C1. The number of carbonyl (C=O) groups is 2. The van der Waals surface area contributed by atoms with Crippen LogP contribution in [0, 0.1) is 40.4 Å². The second-order valence-electron chi connectivity index (χ2n) is 10.4. The fraction of sp³-hybridized carbons (Fsp3) is 0.913. The summed E-state index contributed by atoms with van der Waals surface area (Å²) in [5.41, 5.74) is 0.667. The Balaban J connectivity index is 1.54. The largest absolute Gasteiger partial charge is 0.463 e. The second-order valence-corrected chi connectivity index (χ2v) is 10.4. The first-order valence-corrected chi connectivity index (χ1v) is 10.9. The Morgan fingerprint density at radius 2 is 1.54 bits per heavy atom. The third kappa shape index (κ3) is 2.67. The fourth-order valence-corrected chi connectivity index (χ4v) is 8.23. The molecule has 146 valence electrons. The van der Waals surface area contributed by atoms with Crippen LogP contribution in [0.3, 0.4) is 0 Å². The maximum Gasteiger partial charge on any atom is 0.302 e. The van der Waals surface area contributed by atoms with Crippen LogP contribution in [0.25, 0.3) is 0 Å². The number of hydrogen-bond donors (Lipinski definition) is 0. The fourth-order valence-electron chi connectivity index (χ4n) is 8.23. The number of hydrogen-bond acceptors (Lipinski definition) is 3. The van der Waals surface area contributed by atoms with E-state index in [0.29, 0.717) is 23.0 Å². The number of rotatable bonds is 2. The Kier molecular flexibility index (Phi) is 4.51. The van der Waals surface area contributed by atoms with Crippen molar-refractivity contribution < 1.29 is 14.3 Å². The molecular formula is C23H36O3. The van der Waals surface area contributed by atoms with Gasteiger partial charge in [-0.1, -0.05) is 13.8 Å². The van der Waals surface area contributed by atoms with Gasteiger partial charge in [-0.3, -0.25) is 9.59 Å². The van der Waals surface area contributed by atoms with E-state index in [9.17, 15) is 9.59 Å². The van der Waals surface area contributed by atoms with Crippen molar-refractivity contribution in [1.29, 1.82) is 0 Å². The monoisotopic (exact) mass is 360 g/mol. The zero-order chi connectivity index (χ0) is 18.7. The molecule has 4 aliphatic carbocycles. The van der Waals surface area contributed by atoms with Crippen molar-refractivity contribution in [3.8, 4) is 0 Å². The molecule has 4 fully saturated rings. The summed E-state index contributed by atoms with van der Waals surface area (Å²) in [6, 6.07) is 0. The van der Waals surface area contributed by atoms with Crippen LogP contribution < -0.4 is 0 Å². The summed E-state index contributed by atoms with van der Waals surface area (Å²) in [6.07, 6.45) is 11.0. The molecule has 0 unspecified atom stereocenters. The molecule has 0 heterocycles. The van der Waals surface area contributed by atoms with Gasteiger partial charge in [0, 0.05) is 12.8 Å². The lowest BCUT2D eigenvalue weighted by Gasteiger charge is -2.61. The van der Waals surface area contributed by atoms with Crippen molar-refractivity contribution in [2.24, 2.45) is 40.4 Å². The minimum Gasteiger partial charge on any atom is -0.463 e. The summed E-state index contributed by atoms with van der Waals surface area (Å²) >= 11 is 0. The molecule has 0 amide bonds. The molecule has 4 saturated carbocycles. The first kappa shape index (κ1) is 18.5. The quantitative estimate of drug-likeness (QED) is 0.638. The molecule has 26 heavy (non-hydrogen) atoms. The zero-order valence-electron chi connectivity index (χ0n) is 17.1. The average molecular weight is 361 g/mol. The van der Waals surface area contributed by atoms with Crippen molar-refractivity contribution in [2.45, 2.75) is 91.6 Å². The summed E-state index contributed by atoms with van der Waals surface area (Å²) in [6.45, 7) is 8.33. The number of Topliss-reactive ketones (excluding diaryl/α,β-unsaturated/α-hetero) is 1. The van der Waals surface area contributed by atoms with Gasteiger partial charge in [0.15, 0.2) is 0 Å². The molecule has 0 spiro atoms. The Labute approximate surface area is 158 Å². The van der Waals surface area contributed by atoms with Gasteiger partial charge in [-0.15, -0.1) is 0 Å². The lowest BCUT2D eigenvalue weighted by molar-refractivity contribution is -0.161. The molecule has 0 radical (unpaired) electrons. The van der Waals surface area contributed by atoms with Gasteiger partial charge in [0.05, 0.1) is 0 Å². The molecule has 4 aliphatic rings. The van der Waals surface area contributed by atoms with Crippen LogP contribution in [0.15, 0.2) is 0 Å². The molecule has 0 N–H and O–H groups in total. The van der Waals surface area contributed by atoms with E-state index in [1.165, 1.54) is 45.4 Å². The summed E-state index contributed by atoms with van der Waals surface area (Å²) in [4.78, 5) is 23.6. The molecule has 0 aromatic carbocycles. The minimum absolute atomic E-state index is 0.123. The predicted octanol–water partition coefficient (Wildman–Crippen LogP) is 5.17. The lowest BCUT2D eigenvalue weighted by atomic mass is 9.44. The third-order valence-corrected chi connectivity index (χ3v) is 9.44. The first-order valence-electron chi connectivity index (χ1n) is 10.9. The molecule has 4 rings (SSSR count). The van der Waals surface area contributed by atoms with Gasteiger partial charge in [-0.05, 0) is 99.2 Å². The standard InChI is InChI=1S/C23H36O3/c1-14(24)19-7-8-20-18-6-5-16-13-17(26-15(2)25)9-11-22(16,3)21(18)10-12-23(19,20)4/h16-21H,5-13H2,1-4H3/t16-,17+,18-,19-,20+,21+,22-,23+/m0/s1. The summed E-state index contributed by atoms with van der Waals surface area (Å²) < 4.78 is 5.57. The molecule has 3 nitrogen and oxygen atoms in total.